The third-order valence-corrected chi connectivity index (χ3v) is 4.91. The first kappa shape index (κ1) is 20.5. The van der Waals surface area contributed by atoms with E-state index in [0.29, 0.717) is 10.9 Å². The molecule has 0 fully saturated rings. The molecule has 3 rings (SSSR count). The van der Waals surface area contributed by atoms with Gasteiger partial charge in [0, 0.05) is 10.9 Å². The molecule has 0 saturated heterocycles. The zero-order valence-corrected chi connectivity index (χ0v) is 17.3. The molecular weight excluding hydrogens is 388 g/mol. The number of aryl methyl sites for hydroxylation is 3. The number of nitrogens with zero attached hydrogens (tertiary/aromatic N) is 1. The Bertz CT molecular complexity index is 1010. The van der Waals surface area contributed by atoms with Crippen molar-refractivity contribution in [2.75, 3.05) is 18.5 Å². The van der Waals surface area contributed by atoms with Crippen LogP contribution in [-0.4, -0.2) is 30.1 Å². The second kappa shape index (κ2) is 9.34. The highest BCUT2D eigenvalue weighted by molar-refractivity contribution is 7.14. The van der Waals surface area contributed by atoms with Crippen molar-refractivity contribution in [1.82, 2.24) is 4.98 Å². The number of esters is 1. The second-order valence-electron chi connectivity index (χ2n) is 6.67. The van der Waals surface area contributed by atoms with Crippen LogP contribution < -0.4 is 10.1 Å². The van der Waals surface area contributed by atoms with Gasteiger partial charge in [-0.15, -0.1) is 11.3 Å². The van der Waals surface area contributed by atoms with E-state index in [9.17, 15) is 9.59 Å². The summed E-state index contributed by atoms with van der Waals surface area (Å²) in [6.45, 7) is 5.20. The molecule has 29 heavy (non-hydrogen) atoms. The monoisotopic (exact) mass is 410 g/mol. The van der Waals surface area contributed by atoms with E-state index in [1.54, 1.807) is 0 Å². The molecule has 0 aliphatic rings. The Kier molecular flexibility index (Phi) is 6.61. The Balaban J connectivity index is 1.45. The quantitative estimate of drug-likeness (QED) is 0.588. The van der Waals surface area contributed by atoms with E-state index in [-0.39, 0.29) is 6.61 Å². The standard InChI is InChI=1S/C22H22N2O4S/c1-14-5-8-17(9-6-14)18-13-29-22(23-18)24-20(25)11-28-21(26)12-27-19-10-15(2)4-7-16(19)3/h4-10,13H,11-12H2,1-3H3,(H,23,24,25). The van der Waals surface area contributed by atoms with Crippen molar-refractivity contribution in [3.63, 3.8) is 0 Å². The van der Waals surface area contributed by atoms with Gasteiger partial charge in [0.2, 0.25) is 0 Å². The summed E-state index contributed by atoms with van der Waals surface area (Å²) in [7, 11) is 0. The van der Waals surface area contributed by atoms with Gasteiger partial charge >= 0.3 is 5.97 Å². The molecule has 1 heterocycles. The van der Waals surface area contributed by atoms with Crippen LogP contribution >= 0.6 is 11.3 Å². The molecule has 0 bridgehead atoms. The van der Waals surface area contributed by atoms with E-state index in [1.807, 2.05) is 68.6 Å². The molecule has 1 N–H and O–H groups in total. The van der Waals surface area contributed by atoms with Crippen LogP contribution in [0.4, 0.5) is 5.13 Å². The van der Waals surface area contributed by atoms with Crippen molar-refractivity contribution in [3.05, 3.63) is 64.5 Å². The minimum absolute atomic E-state index is 0.258. The summed E-state index contributed by atoms with van der Waals surface area (Å²) in [5.74, 6) is -0.437. The van der Waals surface area contributed by atoms with Gasteiger partial charge in [-0.2, -0.15) is 0 Å². The zero-order valence-electron chi connectivity index (χ0n) is 16.5. The lowest BCUT2D eigenvalue weighted by Crippen LogP contribution is -2.23. The number of carbonyl (C=O) groups is 2. The lowest BCUT2D eigenvalue weighted by atomic mass is 10.1. The summed E-state index contributed by atoms with van der Waals surface area (Å²) in [5, 5.41) is 4.96. The molecule has 150 valence electrons. The Morgan fingerprint density at radius 2 is 1.72 bits per heavy atom. The number of amides is 1. The van der Waals surface area contributed by atoms with E-state index in [1.165, 1.54) is 16.9 Å². The van der Waals surface area contributed by atoms with E-state index in [2.05, 4.69) is 10.3 Å². The molecule has 0 unspecified atom stereocenters. The Hall–Kier alpha value is -3.19. The predicted octanol–water partition coefficient (Wildman–Crippen LogP) is 4.30. The molecule has 0 aliphatic heterocycles. The number of ether oxygens (including phenoxy) is 2. The van der Waals surface area contributed by atoms with Crippen LogP contribution in [0, 0.1) is 20.8 Å². The molecule has 7 heteroatoms. The Labute approximate surface area is 173 Å². The molecule has 3 aromatic rings. The van der Waals surface area contributed by atoms with Crippen LogP contribution in [-0.2, 0) is 14.3 Å². The highest BCUT2D eigenvalue weighted by Crippen LogP contribution is 2.25. The largest absolute Gasteiger partial charge is 0.482 e. The van der Waals surface area contributed by atoms with Gasteiger partial charge < -0.3 is 9.47 Å². The summed E-state index contributed by atoms with van der Waals surface area (Å²) in [5.41, 5.74) is 4.88. The minimum Gasteiger partial charge on any atom is -0.482 e. The van der Waals surface area contributed by atoms with Gasteiger partial charge in [0.25, 0.3) is 5.91 Å². The minimum atomic E-state index is -0.611. The van der Waals surface area contributed by atoms with Gasteiger partial charge in [0.05, 0.1) is 5.69 Å². The van der Waals surface area contributed by atoms with Gasteiger partial charge in [0.15, 0.2) is 18.3 Å². The van der Waals surface area contributed by atoms with E-state index in [0.717, 1.165) is 22.4 Å². The number of benzene rings is 2. The lowest BCUT2D eigenvalue weighted by molar-refractivity contribution is -0.149. The Morgan fingerprint density at radius 1 is 1.00 bits per heavy atom. The van der Waals surface area contributed by atoms with Crippen molar-refractivity contribution in [1.29, 1.82) is 0 Å². The van der Waals surface area contributed by atoms with Gasteiger partial charge in [-0.05, 0) is 38.0 Å². The lowest BCUT2D eigenvalue weighted by Gasteiger charge is -2.09. The van der Waals surface area contributed by atoms with Crippen molar-refractivity contribution < 1.29 is 19.1 Å². The zero-order chi connectivity index (χ0) is 20.8. The van der Waals surface area contributed by atoms with Gasteiger partial charge in [-0.1, -0.05) is 42.0 Å². The molecule has 0 saturated carbocycles. The summed E-state index contributed by atoms with van der Waals surface area (Å²) < 4.78 is 10.4. The maximum Gasteiger partial charge on any atom is 0.344 e. The summed E-state index contributed by atoms with van der Waals surface area (Å²) in [6.07, 6.45) is 0. The summed E-state index contributed by atoms with van der Waals surface area (Å²) in [6, 6.07) is 13.7. The number of anilines is 1. The van der Waals surface area contributed by atoms with Crippen LogP contribution in [0.1, 0.15) is 16.7 Å². The SMILES string of the molecule is Cc1ccc(-c2csc(NC(=O)COC(=O)COc3cc(C)ccc3C)n2)cc1. The first-order chi connectivity index (χ1) is 13.9. The molecule has 1 amide bonds. The molecule has 6 nitrogen and oxygen atoms in total. The van der Waals surface area contributed by atoms with Crippen LogP contribution in [0.15, 0.2) is 47.8 Å². The van der Waals surface area contributed by atoms with Crippen LogP contribution in [0.3, 0.4) is 0 Å². The predicted molar refractivity (Wildman–Crippen MR) is 113 cm³/mol. The fraction of sp³-hybridized carbons (Fsp3) is 0.227. The first-order valence-electron chi connectivity index (χ1n) is 9.09. The normalized spacial score (nSPS) is 10.4. The third-order valence-electron chi connectivity index (χ3n) is 4.15. The Morgan fingerprint density at radius 3 is 2.48 bits per heavy atom. The highest BCUT2D eigenvalue weighted by atomic mass is 32.1. The molecular formula is C22H22N2O4S. The van der Waals surface area contributed by atoms with Gasteiger partial charge in [-0.25, -0.2) is 9.78 Å². The van der Waals surface area contributed by atoms with E-state index < -0.39 is 18.5 Å². The maximum absolute atomic E-state index is 12.0. The molecule has 0 aliphatic carbocycles. The smallest absolute Gasteiger partial charge is 0.344 e. The number of thiazole rings is 1. The number of aromatic nitrogens is 1. The van der Waals surface area contributed by atoms with E-state index >= 15 is 0 Å². The molecule has 0 spiro atoms. The number of carbonyl (C=O) groups excluding carboxylic acids is 2. The fourth-order valence-corrected chi connectivity index (χ4v) is 3.27. The van der Waals surface area contributed by atoms with Crippen molar-refractivity contribution in [2.45, 2.75) is 20.8 Å². The number of hydrogen-bond donors (Lipinski definition) is 1. The molecule has 1 aromatic heterocycles. The fourth-order valence-electron chi connectivity index (χ4n) is 2.53. The number of nitrogens with one attached hydrogen (secondary N) is 1. The van der Waals surface area contributed by atoms with Crippen LogP contribution in [0.2, 0.25) is 0 Å². The van der Waals surface area contributed by atoms with E-state index in [4.69, 9.17) is 9.47 Å². The van der Waals surface area contributed by atoms with Crippen molar-refractivity contribution in [3.8, 4) is 17.0 Å². The molecule has 2 aromatic carbocycles. The van der Waals surface area contributed by atoms with Gasteiger partial charge in [0.1, 0.15) is 5.75 Å². The first-order valence-corrected chi connectivity index (χ1v) is 9.97. The second-order valence-corrected chi connectivity index (χ2v) is 7.53. The van der Waals surface area contributed by atoms with Crippen molar-refractivity contribution in [2.24, 2.45) is 0 Å². The topological polar surface area (TPSA) is 77.5 Å². The summed E-state index contributed by atoms with van der Waals surface area (Å²) >= 11 is 1.31. The third kappa shape index (κ3) is 5.89. The van der Waals surface area contributed by atoms with Crippen molar-refractivity contribution >= 4 is 28.3 Å². The highest BCUT2D eigenvalue weighted by Gasteiger charge is 2.12. The van der Waals surface area contributed by atoms with Crippen LogP contribution in [0.5, 0.6) is 5.75 Å². The average molecular weight is 410 g/mol. The number of rotatable bonds is 7. The van der Waals surface area contributed by atoms with Crippen LogP contribution in [0.25, 0.3) is 11.3 Å². The summed E-state index contributed by atoms with van der Waals surface area (Å²) in [4.78, 5) is 28.3. The van der Waals surface area contributed by atoms with Gasteiger partial charge in [-0.3, -0.25) is 10.1 Å². The maximum atomic E-state index is 12.0. The molecule has 0 atom stereocenters. The average Bonchev–Trinajstić information content (AvgIpc) is 3.16. The molecule has 0 radical (unpaired) electrons. The number of hydrogen-bond acceptors (Lipinski definition) is 6.